The number of ether oxygens (including phenoxy) is 2. The lowest BCUT2D eigenvalue weighted by Crippen LogP contribution is -2.59. The van der Waals surface area contributed by atoms with Crippen molar-refractivity contribution in [1.82, 2.24) is 5.32 Å². The number of carboxylic acid groups (broad SMARTS) is 2. The van der Waals surface area contributed by atoms with Crippen LogP contribution < -0.4 is 14.8 Å². The Bertz CT molecular complexity index is 1270. The van der Waals surface area contributed by atoms with Gasteiger partial charge in [0.05, 0.1) is 18.6 Å². The summed E-state index contributed by atoms with van der Waals surface area (Å²) in [5.74, 6) is 0.664. The number of hydrogen-bond acceptors (Lipinski definition) is 5. The number of amides is 1. The average Bonchev–Trinajstić information content (AvgIpc) is 2.93. The minimum absolute atomic E-state index is 0.00911. The van der Waals surface area contributed by atoms with Gasteiger partial charge in [-0.3, -0.25) is 14.4 Å². The Balaban J connectivity index is 1.21. The number of aryl methyl sites for hydroxylation is 1. The van der Waals surface area contributed by atoms with E-state index in [1.54, 1.807) is 6.07 Å². The van der Waals surface area contributed by atoms with Crippen molar-refractivity contribution >= 4 is 17.8 Å². The zero-order valence-corrected chi connectivity index (χ0v) is 24.5. The fraction of sp³-hybridized carbons (Fsp3) is 0.559. The smallest absolute Gasteiger partial charge is 0.303 e. The molecule has 0 spiro atoms. The molecule has 3 N–H and O–H groups in total. The van der Waals surface area contributed by atoms with E-state index in [4.69, 9.17) is 19.7 Å². The molecule has 0 heterocycles. The summed E-state index contributed by atoms with van der Waals surface area (Å²) >= 11 is 0. The van der Waals surface area contributed by atoms with Crippen molar-refractivity contribution < 1.29 is 34.1 Å². The van der Waals surface area contributed by atoms with Gasteiger partial charge in [0, 0.05) is 19.4 Å². The Hall–Kier alpha value is -3.55. The van der Waals surface area contributed by atoms with Gasteiger partial charge in [0.15, 0.2) is 11.5 Å². The molecule has 0 radical (unpaired) electrons. The molecule has 2 atom stereocenters. The van der Waals surface area contributed by atoms with Crippen molar-refractivity contribution in [3.63, 3.8) is 0 Å². The van der Waals surface area contributed by atoms with E-state index in [1.165, 1.54) is 30.4 Å². The number of aliphatic carboxylic acids is 2. The third kappa shape index (κ3) is 6.90. The highest BCUT2D eigenvalue weighted by molar-refractivity contribution is 5.83. The summed E-state index contributed by atoms with van der Waals surface area (Å²) in [4.78, 5) is 35.5. The van der Waals surface area contributed by atoms with Crippen molar-refractivity contribution in [2.24, 2.45) is 17.3 Å². The molecule has 8 nitrogen and oxygen atoms in total. The third-order valence-corrected chi connectivity index (χ3v) is 9.50. The topological polar surface area (TPSA) is 122 Å². The van der Waals surface area contributed by atoms with Crippen LogP contribution in [-0.2, 0) is 26.2 Å². The van der Waals surface area contributed by atoms with Gasteiger partial charge in [0.1, 0.15) is 0 Å². The quantitative estimate of drug-likeness (QED) is 0.233. The number of benzene rings is 2. The summed E-state index contributed by atoms with van der Waals surface area (Å²) in [6.45, 7) is 3.10. The Kier molecular flexibility index (Phi) is 9.09. The standard InChI is InChI=1S/C34H43NO7/c1-23-6-9-27(10-7-23)33-18-25-16-26(19-33)21-34(20-25,22-33)32(40)35-13-12-24-8-11-28(41-14-2-4-30(36)37)29(17-24)42-15-3-5-31(38)39/h6-11,17,25-26H,2-5,12-16,18-22H2,1H3,(H,35,40)(H,36,37)(H,38,39). The van der Waals surface area contributed by atoms with Crippen molar-refractivity contribution in [3.05, 3.63) is 59.2 Å². The summed E-state index contributed by atoms with van der Waals surface area (Å²) in [6, 6.07) is 14.6. The van der Waals surface area contributed by atoms with Gasteiger partial charge in [-0.1, -0.05) is 35.9 Å². The molecule has 2 aromatic rings. The fourth-order valence-electron chi connectivity index (χ4n) is 8.03. The van der Waals surface area contributed by atoms with Gasteiger partial charge >= 0.3 is 11.9 Å². The van der Waals surface area contributed by atoms with Crippen LogP contribution >= 0.6 is 0 Å². The van der Waals surface area contributed by atoms with Crippen LogP contribution in [0.2, 0.25) is 0 Å². The molecular weight excluding hydrogens is 534 g/mol. The van der Waals surface area contributed by atoms with Gasteiger partial charge in [-0.25, -0.2) is 0 Å². The van der Waals surface area contributed by atoms with Crippen molar-refractivity contribution in [3.8, 4) is 11.5 Å². The molecule has 4 aliphatic rings. The van der Waals surface area contributed by atoms with Gasteiger partial charge in [0.2, 0.25) is 5.91 Å². The first kappa shape index (κ1) is 29.9. The van der Waals surface area contributed by atoms with Gasteiger partial charge in [-0.15, -0.1) is 0 Å². The maximum absolute atomic E-state index is 13.8. The predicted molar refractivity (Wildman–Crippen MR) is 158 cm³/mol. The molecule has 2 aromatic carbocycles. The van der Waals surface area contributed by atoms with E-state index in [2.05, 4.69) is 36.5 Å². The molecule has 4 aliphatic carbocycles. The van der Waals surface area contributed by atoms with Gasteiger partial charge in [-0.05, 0) is 105 Å². The Morgan fingerprint density at radius 3 is 2.10 bits per heavy atom. The second-order valence-electron chi connectivity index (χ2n) is 12.9. The van der Waals surface area contributed by atoms with E-state index >= 15 is 0 Å². The number of carbonyl (C=O) groups excluding carboxylic acids is 1. The summed E-state index contributed by atoms with van der Waals surface area (Å²) in [6.07, 6.45) is 7.95. The highest BCUT2D eigenvalue weighted by Crippen LogP contribution is 2.65. The summed E-state index contributed by atoms with van der Waals surface area (Å²) in [5.41, 5.74) is 3.47. The molecule has 0 saturated heterocycles. The summed E-state index contributed by atoms with van der Waals surface area (Å²) in [5, 5.41) is 21.1. The van der Waals surface area contributed by atoms with E-state index in [-0.39, 0.29) is 42.8 Å². The van der Waals surface area contributed by atoms with E-state index in [1.807, 2.05) is 12.1 Å². The zero-order valence-electron chi connectivity index (χ0n) is 24.5. The van der Waals surface area contributed by atoms with Gasteiger partial charge in [0.25, 0.3) is 0 Å². The largest absolute Gasteiger partial charge is 0.490 e. The molecule has 8 heteroatoms. The van der Waals surface area contributed by atoms with Crippen molar-refractivity contribution in [1.29, 1.82) is 0 Å². The first-order valence-electron chi connectivity index (χ1n) is 15.3. The lowest BCUT2D eigenvalue weighted by Gasteiger charge is -2.61. The maximum atomic E-state index is 13.8. The minimum atomic E-state index is -0.878. The van der Waals surface area contributed by atoms with Crippen LogP contribution in [0.25, 0.3) is 0 Å². The number of hydrogen-bond donors (Lipinski definition) is 3. The maximum Gasteiger partial charge on any atom is 0.303 e. The Labute approximate surface area is 247 Å². The molecule has 42 heavy (non-hydrogen) atoms. The van der Waals surface area contributed by atoms with Crippen molar-refractivity contribution in [2.45, 2.75) is 83.0 Å². The van der Waals surface area contributed by atoms with Gasteiger partial charge in [-0.2, -0.15) is 0 Å². The highest BCUT2D eigenvalue weighted by atomic mass is 16.5. The molecule has 1 amide bonds. The van der Waals surface area contributed by atoms with E-state index in [0.717, 1.165) is 24.8 Å². The van der Waals surface area contributed by atoms with Crippen LogP contribution in [0.15, 0.2) is 42.5 Å². The molecular formula is C34H43NO7. The SMILES string of the molecule is Cc1ccc(C23CC4CC(CC(C(=O)NCCc5ccc(OCCCC(=O)O)c(OCCCC(=O)O)c5)(C4)C2)C3)cc1. The molecule has 4 bridgehead atoms. The Morgan fingerprint density at radius 1 is 0.857 bits per heavy atom. The summed E-state index contributed by atoms with van der Waals surface area (Å²) in [7, 11) is 0. The fourth-order valence-corrected chi connectivity index (χ4v) is 8.03. The molecule has 4 saturated carbocycles. The van der Waals surface area contributed by atoms with Crippen LogP contribution in [0.5, 0.6) is 11.5 Å². The number of carboxylic acids is 2. The second kappa shape index (κ2) is 12.8. The van der Waals surface area contributed by atoms with Crippen LogP contribution in [0.4, 0.5) is 0 Å². The van der Waals surface area contributed by atoms with E-state index in [9.17, 15) is 14.4 Å². The lowest BCUT2D eigenvalue weighted by molar-refractivity contribution is -0.149. The normalized spacial score (nSPS) is 25.6. The molecule has 4 fully saturated rings. The monoisotopic (exact) mass is 577 g/mol. The van der Waals surface area contributed by atoms with Crippen LogP contribution in [0, 0.1) is 24.2 Å². The number of rotatable bonds is 15. The molecule has 2 unspecified atom stereocenters. The molecule has 0 aliphatic heterocycles. The average molecular weight is 578 g/mol. The van der Waals surface area contributed by atoms with E-state index < -0.39 is 11.9 Å². The predicted octanol–water partition coefficient (Wildman–Crippen LogP) is 5.68. The third-order valence-electron chi connectivity index (χ3n) is 9.50. The molecule has 0 aromatic heterocycles. The minimum Gasteiger partial charge on any atom is -0.490 e. The second-order valence-corrected chi connectivity index (χ2v) is 12.9. The molecule has 226 valence electrons. The Morgan fingerprint density at radius 2 is 1.48 bits per heavy atom. The van der Waals surface area contributed by atoms with Crippen LogP contribution in [0.1, 0.15) is 80.9 Å². The highest BCUT2D eigenvalue weighted by Gasteiger charge is 2.60. The molecule has 6 rings (SSSR count). The first-order chi connectivity index (χ1) is 20.2. The van der Waals surface area contributed by atoms with E-state index in [0.29, 0.717) is 49.1 Å². The van der Waals surface area contributed by atoms with Crippen LogP contribution in [0.3, 0.4) is 0 Å². The first-order valence-corrected chi connectivity index (χ1v) is 15.3. The van der Waals surface area contributed by atoms with Crippen LogP contribution in [-0.4, -0.2) is 47.8 Å². The number of nitrogens with one attached hydrogen (secondary N) is 1. The summed E-state index contributed by atoms with van der Waals surface area (Å²) < 4.78 is 11.6. The lowest BCUT2D eigenvalue weighted by atomic mass is 9.42. The zero-order chi connectivity index (χ0) is 29.7. The van der Waals surface area contributed by atoms with Gasteiger partial charge < -0.3 is 25.0 Å². The number of carbonyl (C=O) groups is 3. The van der Waals surface area contributed by atoms with Crippen molar-refractivity contribution in [2.75, 3.05) is 19.8 Å².